The first kappa shape index (κ1) is 20.2. The SMILES string of the molecule is Cl.NC(=O)c1cc(N(N)C(=O)c2ccccc2C(F)(F)F)cc2[nH]cnc12. The second kappa shape index (κ2) is 7.25. The lowest BCUT2D eigenvalue weighted by molar-refractivity contribution is -0.137. The van der Waals surface area contributed by atoms with Gasteiger partial charge in [-0.15, -0.1) is 12.4 Å². The summed E-state index contributed by atoms with van der Waals surface area (Å²) in [6, 6.07) is 6.84. The number of benzene rings is 2. The van der Waals surface area contributed by atoms with Gasteiger partial charge >= 0.3 is 6.18 Å². The molecule has 0 aliphatic heterocycles. The number of aromatic nitrogens is 2. The van der Waals surface area contributed by atoms with Gasteiger partial charge in [-0.2, -0.15) is 13.2 Å². The second-order valence-corrected chi connectivity index (χ2v) is 5.37. The molecule has 3 aromatic rings. The number of H-pyrrole nitrogens is 1. The van der Waals surface area contributed by atoms with Gasteiger partial charge in [-0.1, -0.05) is 12.1 Å². The van der Waals surface area contributed by atoms with E-state index in [2.05, 4.69) is 9.97 Å². The van der Waals surface area contributed by atoms with Crippen LogP contribution in [0.5, 0.6) is 0 Å². The van der Waals surface area contributed by atoms with Crippen molar-refractivity contribution in [3.63, 3.8) is 0 Å². The summed E-state index contributed by atoms with van der Waals surface area (Å²) in [5.41, 5.74) is 4.13. The standard InChI is InChI=1S/C16H12F3N5O2.ClH/c17-16(18,19)11-4-2-1-3-9(11)15(26)24(21)8-5-10(14(20)25)13-12(6-8)22-7-23-13;/h1-7H,21H2,(H2,20,25)(H,22,23);1H. The van der Waals surface area contributed by atoms with Gasteiger partial charge in [0.15, 0.2) is 0 Å². The van der Waals surface area contributed by atoms with E-state index in [0.717, 1.165) is 12.1 Å². The second-order valence-electron chi connectivity index (χ2n) is 5.37. The van der Waals surface area contributed by atoms with Crippen LogP contribution in [0.2, 0.25) is 0 Å². The molecule has 0 unspecified atom stereocenters. The molecule has 11 heteroatoms. The van der Waals surface area contributed by atoms with E-state index >= 15 is 0 Å². The Bertz CT molecular complexity index is 1020. The molecule has 1 aromatic heterocycles. The number of primary amides is 1. The lowest BCUT2D eigenvalue weighted by atomic mass is 10.1. The van der Waals surface area contributed by atoms with Gasteiger partial charge in [0, 0.05) is 0 Å². The molecule has 0 spiro atoms. The maximum absolute atomic E-state index is 13.1. The van der Waals surface area contributed by atoms with Crippen molar-refractivity contribution in [2.45, 2.75) is 6.18 Å². The minimum absolute atomic E-state index is 0. The van der Waals surface area contributed by atoms with Crippen molar-refractivity contribution in [3.8, 4) is 0 Å². The summed E-state index contributed by atoms with van der Waals surface area (Å²) < 4.78 is 39.4. The van der Waals surface area contributed by atoms with Crippen molar-refractivity contribution >= 4 is 40.9 Å². The Hall–Kier alpha value is -3.11. The molecule has 0 radical (unpaired) electrons. The fourth-order valence-corrected chi connectivity index (χ4v) is 2.53. The molecule has 0 saturated heterocycles. The highest BCUT2D eigenvalue weighted by Gasteiger charge is 2.36. The monoisotopic (exact) mass is 399 g/mol. The van der Waals surface area contributed by atoms with Crippen molar-refractivity contribution < 1.29 is 22.8 Å². The number of alkyl halides is 3. The number of nitrogens with zero attached hydrogens (tertiary/aromatic N) is 2. The summed E-state index contributed by atoms with van der Waals surface area (Å²) in [5.74, 6) is 3.83. The highest BCUT2D eigenvalue weighted by Crippen LogP contribution is 2.33. The summed E-state index contributed by atoms with van der Waals surface area (Å²) in [7, 11) is 0. The first-order valence-electron chi connectivity index (χ1n) is 7.22. The third-order valence-corrected chi connectivity index (χ3v) is 3.73. The Morgan fingerprint density at radius 2 is 1.78 bits per heavy atom. The van der Waals surface area contributed by atoms with Crippen molar-refractivity contribution in [2.24, 2.45) is 11.6 Å². The zero-order chi connectivity index (χ0) is 19.1. The van der Waals surface area contributed by atoms with Crippen molar-refractivity contribution in [1.29, 1.82) is 0 Å². The first-order valence-corrected chi connectivity index (χ1v) is 7.22. The zero-order valence-corrected chi connectivity index (χ0v) is 14.3. The smallest absolute Gasteiger partial charge is 0.366 e. The molecule has 5 N–H and O–H groups in total. The zero-order valence-electron chi connectivity index (χ0n) is 13.4. The Morgan fingerprint density at radius 3 is 2.41 bits per heavy atom. The summed E-state index contributed by atoms with van der Waals surface area (Å²) >= 11 is 0. The van der Waals surface area contributed by atoms with Crippen molar-refractivity contribution in [2.75, 3.05) is 5.01 Å². The predicted octanol–water partition coefficient (Wildman–Crippen LogP) is 2.62. The number of aromatic amines is 1. The van der Waals surface area contributed by atoms with Crippen LogP contribution in [-0.2, 0) is 6.18 Å². The number of rotatable bonds is 3. The van der Waals surface area contributed by atoms with Gasteiger partial charge in [0.25, 0.3) is 11.8 Å². The van der Waals surface area contributed by atoms with Gasteiger partial charge < -0.3 is 10.7 Å². The Balaban J connectivity index is 0.00000261. The number of nitrogens with two attached hydrogens (primary N) is 2. The number of hydrogen-bond donors (Lipinski definition) is 3. The largest absolute Gasteiger partial charge is 0.417 e. The number of hydrazine groups is 1. The van der Waals surface area contributed by atoms with Gasteiger partial charge in [0.2, 0.25) is 0 Å². The molecule has 142 valence electrons. The van der Waals surface area contributed by atoms with Gasteiger partial charge in [0.05, 0.1) is 34.2 Å². The van der Waals surface area contributed by atoms with Crippen LogP contribution in [0, 0.1) is 0 Å². The lowest BCUT2D eigenvalue weighted by Gasteiger charge is -2.20. The number of fused-ring (bicyclic) bond motifs is 1. The van der Waals surface area contributed by atoms with Gasteiger partial charge in [-0.05, 0) is 24.3 Å². The average molecular weight is 400 g/mol. The number of amides is 2. The number of halogens is 4. The van der Waals surface area contributed by atoms with E-state index in [-0.39, 0.29) is 29.2 Å². The van der Waals surface area contributed by atoms with Crippen LogP contribution in [0.1, 0.15) is 26.3 Å². The van der Waals surface area contributed by atoms with Crippen LogP contribution >= 0.6 is 12.4 Å². The molecule has 0 bridgehead atoms. The number of hydrogen-bond acceptors (Lipinski definition) is 4. The van der Waals surface area contributed by atoms with Crippen LogP contribution in [0.3, 0.4) is 0 Å². The van der Waals surface area contributed by atoms with E-state index in [1.165, 1.54) is 30.6 Å². The number of imidazole rings is 1. The van der Waals surface area contributed by atoms with E-state index in [1.807, 2.05) is 0 Å². The van der Waals surface area contributed by atoms with Crippen LogP contribution in [0.4, 0.5) is 18.9 Å². The molecule has 0 fully saturated rings. The summed E-state index contributed by atoms with van der Waals surface area (Å²) in [6.07, 6.45) is -3.42. The third kappa shape index (κ3) is 3.71. The lowest BCUT2D eigenvalue weighted by Crippen LogP contribution is -2.38. The van der Waals surface area contributed by atoms with Crippen LogP contribution < -0.4 is 16.6 Å². The summed E-state index contributed by atoms with van der Waals surface area (Å²) in [5, 5.41) is 0.525. The number of carbonyl (C=O) groups is 2. The normalized spacial score (nSPS) is 11.1. The van der Waals surface area contributed by atoms with E-state index < -0.39 is 29.1 Å². The predicted molar refractivity (Wildman–Crippen MR) is 94.3 cm³/mol. The molecule has 0 saturated carbocycles. The van der Waals surface area contributed by atoms with Gasteiger partial charge in [-0.3, -0.25) is 9.59 Å². The van der Waals surface area contributed by atoms with Crippen LogP contribution in [0.15, 0.2) is 42.7 Å². The third-order valence-electron chi connectivity index (χ3n) is 3.73. The summed E-state index contributed by atoms with van der Waals surface area (Å²) in [4.78, 5) is 30.8. The van der Waals surface area contributed by atoms with E-state index in [1.54, 1.807) is 0 Å². The molecular weight excluding hydrogens is 387 g/mol. The number of nitrogens with one attached hydrogen (secondary N) is 1. The molecular formula is C16H13ClF3N5O2. The topological polar surface area (TPSA) is 118 Å². The van der Waals surface area contributed by atoms with E-state index in [9.17, 15) is 22.8 Å². The number of carbonyl (C=O) groups excluding carboxylic acids is 2. The molecule has 0 atom stereocenters. The summed E-state index contributed by atoms with van der Waals surface area (Å²) in [6.45, 7) is 0. The van der Waals surface area contributed by atoms with E-state index in [4.69, 9.17) is 11.6 Å². The molecule has 3 rings (SSSR count). The molecule has 7 nitrogen and oxygen atoms in total. The maximum atomic E-state index is 13.1. The molecule has 1 heterocycles. The van der Waals surface area contributed by atoms with Crippen molar-refractivity contribution in [3.05, 3.63) is 59.4 Å². The average Bonchev–Trinajstić information content (AvgIpc) is 3.07. The molecule has 0 aliphatic rings. The van der Waals surface area contributed by atoms with Crippen LogP contribution in [0.25, 0.3) is 11.0 Å². The molecule has 2 amide bonds. The van der Waals surface area contributed by atoms with Crippen molar-refractivity contribution in [1.82, 2.24) is 9.97 Å². The first-order chi connectivity index (χ1) is 12.2. The molecule has 27 heavy (non-hydrogen) atoms. The Morgan fingerprint density at radius 1 is 1.11 bits per heavy atom. The van der Waals surface area contributed by atoms with Crippen LogP contribution in [-0.4, -0.2) is 21.8 Å². The quantitative estimate of drug-likeness (QED) is 0.356. The fraction of sp³-hybridized carbons (Fsp3) is 0.0625. The minimum Gasteiger partial charge on any atom is -0.366 e. The highest BCUT2D eigenvalue weighted by atomic mass is 35.5. The Labute approximate surface area is 156 Å². The maximum Gasteiger partial charge on any atom is 0.417 e. The fourth-order valence-electron chi connectivity index (χ4n) is 2.53. The number of anilines is 1. The Kier molecular flexibility index (Phi) is 5.43. The van der Waals surface area contributed by atoms with Gasteiger partial charge in [0.1, 0.15) is 5.52 Å². The van der Waals surface area contributed by atoms with Gasteiger partial charge in [-0.25, -0.2) is 15.8 Å². The molecule has 2 aromatic carbocycles. The molecule has 0 aliphatic carbocycles. The highest BCUT2D eigenvalue weighted by molar-refractivity contribution is 6.10. The minimum atomic E-state index is -4.72. The van der Waals surface area contributed by atoms with E-state index in [0.29, 0.717) is 10.5 Å².